The van der Waals surface area contributed by atoms with Crippen LogP contribution in [0.5, 0.6) is 0 Å². The Hall–Kier alpha value is -1.20. The second-order valence-corrected chi connectivity index (χ2v) is 5.95. The SMILES string of the molecule is CCCc1nnc2n1NC(c1ccc(Cl)cc1)CS2. The molecule has 0 spiro atoms. The molecule has 1 aromatic carbocycles. The summed E-state index contributed by atoms with van der Waals surface area (Å²) in [7, 11) is 0. The molecule has 0 bridgehead atoms. The Morgan fingerprint density at radius 2 is 2.16 bits per heavy atom. The first kappa shape index (κ1) is 12.8. The second kappa shape index (κ2) is 5.43. The number of benzene rings is 1. The van der Waals surface area contributed by atoms with Crippen molar-refractivity contribution in [3.63, 3.8) is 0 Å². The number of fused-ring (bicyclic) bond motifs is 1. The van der Waals surface area contributed by atoms with Gasteiger partial charge in [0, 0.05) is 17.2 Å². The van der Waals surface area contributed by atoms with Crippen molar-refractivity contribution in [1.82, 2.24) is 14.9 Å². The first-order valence-electron chi connectivity index (χ1n) is 6.37. The first-order chi connectivity index (χ1) is 9.28. The highest BCUT2D eigenvalue weighted by molar-refractivity contribution is 7.99. The van der Waals surface area contributed by atoms with E-state index in [1.54, 1.807) is 11.8 Å². The maximum atomic E-state index is 5.93. The summed E-state index contributed by atoms with van der Waals surface area (Å²) in [5, 5.41) is 10.2. The largest absolute Gasteiger partial charge is 0.314 e. The van der Waals surface area contributed by atoms with Crippen LogP contribution in [0, 0.1) is 0 Å². The fraction of sp³-hybridized carbons (Fsp3) is 0.385. The standard InChI is InChI=1S/C13H15ClN4S/c1-2-3-12-15-16-13-18(12)17-11(8-19-13)9-4-6-10(14)7-5-9/h4-7,11,17H,2-3,8H2,1H3. The van der Waals surface area contributed by atoms with E-state index in [0.29, 0.717) is 0 Å². The van der Waals surface area contributed by atoms with Crippen molar-refractivity contribution >= 4 is 23.4 Å². The smallest absolute Gasteiger partial charge is 0.210 e. The first-order valence-corrected chi connectivity index (χ1v) is 7.73. The zero-order valence-corrected chi connectivity index (χ0v) is 12.2. The van der Waals surface area contributed by atoms with E-state index in [2.05, 4.69) is 34.7 Å². The predicted octanol–water partition coefficient (Wildman–Crippen LogP) is 3.27. The summed E-state index contributed by atoms with van der Waals surface area (Å²) in [5.41, 5.74) is 4.73. The molecule has 4 nitrogen and oxygen atoms in total. The van der Waals surface area contributed by atoms with Crippen LogP contribution < -0.4 is 5.43 Å². The number of nitrogens with zero attached hydrogens (tertiary/aromatic N) is 3. The van der Waals surface area contributed by atoms with Crippen LogP contribution in [0.25, 0.3) is 0 Å². The summed E-state index contributed by atoms with van der Waals surface area (Å²) in [6.45, 7) is 2.15. The lowest BCUT2D eigenvalue weighted by atomic mass is 10.1. The van der Waals surface area contributed by atoms with Crippen LogP contribution in [0.1, 0.15) is 30.8 Å². The van der Waals surface area contributed by atoms with Gasteiger partial charge in [0.1, 0.15) is 0 Å². The van der Waals surface area contributed by atoms with E-state index >= 15 is 0 Å². The van der Waals surface area contributed by atoms with E-state index in [1.165, 1.54) is 5.56 Å². The monoisotopic (exact) mass is 294 g/mol. The van der Waals surface area contributed by atoms with Gasteiger partial charge in [-0.2, -0.15) is 0 Å². The molecule has 100 valence electrons. The lowest BCUT2D eigenvalue weighted by Crippen LogP contribution is -2.29. The third-order valence-electron chi connectivity index (χ3n) is 3.11. The number of hydrogen-bond acceptors (Lipinski definition) is 4. The minimum Gasteiger partial charge on any atom is -0.314 e. The van der Waals surface area contributed by atoms with E-state index in [4.69, 9.17) is 11.6 Å². The summed E-state index contributed by atoms with van der Waals surface area (Å²) in [6, 6.07) is 8.25. The minimum atomic E-state index is 0.265. The van der Waals surface area contributed by atoms with Gasteiger partial charge in [-0.25, -0.2) is 4.68 Å². The Bertz CT molecular complexity index is 567. The number of hydrogen-bond donors (Lipinski definition) is 1. The van der Waals surface area contributed by atoms with Crippen LogP contribution >= 0.6 is 23.4 Å². The van der Waals surface area contributed by atoms with Gasteiger partial charge in [-0.1, -0.05) is 42.4 Å². The van der Waals surface area contributed by atoms with Crippen LogP contribution in [0.2, 0.25) is 5.02 Å². The molecular weight excluding hydrogens is 280 g/mol. The molecule has 1 aliphatic rings. The third kappa shape index (κ3) is 2.58. The molecule has 1 atom stereocenters. The molecule has 0 amide bonds. The van der Waals surface area contributed by atoms with Crippen molar-refractivity contribution in [1.29, 1.82) is 0 Å². The van der Waals surface area contributed by atoms with Crippen molar-refractivity contribution < 1.29 is 0 Å². The molecule has 1 unspecified atom stereocenters. The summed E-state index contributed by atoms with van der Waals surface area (Å²) in [6.07, 6.45) is 2.00. The van der Waals surface area contributed by atoms with E-state index < -0.39 is 0 Å². The zero-order valence-electron chi connectivity index (χ0n) is 10.6. The van der Waals surface area contributed by atoms with Gasteiger partial charge in [-0.05, 0) is 24.1 Å². The van der Waals surface area contributed by atoms with Gasteiger partial charge in [-0.3, -0.25) is 0 Å². The van der Waals surface area contributed by atoms with Crippen molar-refractivity contribution in [3.8, 4) is 0 Å². The summed E-state index contributed by atoms with van der Waals surface area (Å²) < 4.78 is 2.02. The fourth-order valence-corrected chi connectivity index (χ4v) is 3.22. The Labute approximate surface area is 121 Å². The molecule has 1 N–H and O–H groups in total. The van der Waals surface area contributed by atoms with E-state index in [1.807, 2.05) is 16.8 Å². The van der Waals surface area contributed by atoms with Gasteiger partial charge in [0.05, 0.1) is 6.04 Å². The highest BCUT2D eigenvalue weighted by atomic mass is 35.5. The predicted molar refractivity (Wildman–Crippen MR) is 78.3 cm³/mol. The Balaban J connectivity index is 1.84. The van der Waals surface area contributed by atoms with Gasteiger partial charge in [0.2, 0.25) is 5.16 Å². The number of aromatic nitrogens is 3. The number of nitrogens with one attached hydrogen (secondary N) is 1. The number of halogens is 1. The molecule has 1 aliphatic heterocycles. The number of aryl methyl sites for hydroxylation is 1. The van der Waals surface area contributed by atoms with E-state index in [9.17, 15) is 0 Å². The Kier molecular flexibility index (Phi) is 3.66. The second-order valence-electron chi connectivity index (χ2n) is 4.53. The van der Waals surface area contributed by atoms with Crippen LogP contribution in [-0.2, 0) is 6.42 Å². The molecule has 6 heteroatoms. The molecular formula is C13H15ClN4S. The normalized spacial score (nSPS) is 17.9. The van der Waals surface area contributed by atoms with Gasteiger partial charge in [0.25, 0.3) is 0 Å². The van der Waals surface area contributed by atoms with E-state index in [-0.39, 0.29) is 6.04 Å². The van der Waals surface area contributed by atoms with Crippen molar-refractivity contribution in [2.45, 2.75) is 31.0 Å². The molecule has 19 heavy (non-hydrogen) atoms. The number of thioether (sulfide) groups is 1. The van der Waals surface area contributed by atoms with Crippen LogP contribution in [0.15, 0.2) is 29.4 Å². The minimum absolute atomic E-state index is 0.265. The Morgan fingerprint density at radius 3 is 2.89 bits per heavy atom. The van der Waals surface area contributed by atoms with Crippen LogP contribution in [-0.4, -0.2) is 20.6 Å². The van der Waals surface area contributed by atoms with Crippen LogP contribution in [0.4, 0.5) is 0 Å². The summed E-state index contributed by atoms with van der Waals surface area (Å²) >= 11 is 7.67. The van der Waals surface area contributed by atoms with Gasteiger partial charge in [-0.15, -0.1) is 10.2 Å². The average Bonchev–Trinajstić information content (AvgIpc) is 2.83. The lowest BCUT2D eigenvalue weighted by Gasteiger charge is -2.26. The Morgan fingerprint density at radius 1 is 1.37 bits per heavy atom. The molecule has 0 aliphatic carbocycles. The maximum Gasteiger partial charge on any atom is 0.210 e. The fourth-order valence-electron chi connectivity index (χ4n) is 2.13. The summed E-state index contributed by atoms with van der Waals surface area (Å²) in [5.74, 6) is 1.95. The summed E-state index contributed by atoms with van der Waals surface area (Å²) in [4.78, 5) is 0. The molecule has 0 saturated heterocycles. The van der Waals surface area contributed by atoms with Crippen LogP contribution in [0.3, 0.4) is 0 Å². The highest BCUT2D eigenvalue weighted by Crippen LogP contribution is 2.30. The maximum absolute atomic E-state index is 5.93. The molecule has 0 radical (unpaired) electrons. The highest BCUT2D eigenvalue weighted by Gasteiger charge is 2.23. The van der Waals surface area contributed by atoms with Gasteiger partial charge >= 0.3 is 0 Å². The molecule has 1 aromatic heterocycles. The van der Waals surface area contributed by atoms with Gasteiger partial charge in [0.15, 0.2) is 5.82 Å². The molecule has 2 heterocycles. The molecule has 0 fully saturated rings. The lowest BCUT2D eigenvalue weighted by molar-refractivity contribution is 0.627. The van der Waals surface area contributed by atoms with Crippen molar-refractivity contribution in [2.24, 2.45) is 0 Å². The third-order valence-corrected chi connectivity index (χ3v) is 4.38. The quantitative estimate of drug-likeness (QED) is 0.943. The average molecular weight is 295 g/mol. The zero-order chi connectivity index (χ0) is 13.2. The molecule has 0 saturated carbocycles. The molecule has 3 rings (SSSR count). The van der Waals surface area contributed by atoms with Crippen molar-refractivity contribution in [3.05, 3.63) is 40.7 Å². The van der Waals surface area contributed by atoms with Crippen molar-refractivity contribution in [2.75, 3.05) is 11.2 Å². The van der Waals surface area contributed by atoms with E-state index in [0.717, 1.165) is 34.6 Å². The molecule has 2 aromatic rings. The topological polar surface area (TPSA) is 42.7 Å². The number of rotatable bonds is 3. The van der Waals surface area contributed by atoms with Gasteiger partial charge < -0.3 is 5.43 Å².